The summed E-state index contributed by atoms with van der Waals surface area (Å²) >= 11 is 4.47. The van der Waals surface area contributed by atoms with Gasteiger partial charge in [-0.25, -0.2) is 4.79 Å². The van der Waals surface area contributed by atoms with Crippen molar-refractivity contribution in [2.45, 2.75) is 50.3 Å². The molecule has 2 amide bonds. The van der Waals surface area contributed by atoms with Gasteiger partial charge in [0.15, 0.2) is 0 Å². The molecule has 0 bridgehead atoms. The van der Waals surface area contributed by atoms with Crippen LogP contribution in [0, 0.1) is 10.1 Å². The van der Waals surface area contributed by atoms with Gasteiger partial charge in [-0.2, -0.15) is 12.6 Å². The number of rotatable bonds is 4. The third kappa shape index (κ3) is 5.18. The van der Waals surface area contributed by atoms with Crippen molar-refractivity contribution in [1.82, 2.24) is 15.1 Å². The molecule has 2 aliphatic rings. The van der Waals surface area contributed by atoms with Crippen molar-refractivity contribution in [3.63, 3.8) is 0 Å². The lowest BCUT2D eigenvalue weighted by atomic mass is 10.1. The van der Waals surface area contributed by atoms with Crippen molar-refractivity contribution in [3.8, 4) is 0 Å². The molecule has 4 atom stereocenters. The molecule has 0 radical (unpaired) electrons. The van der Waals surface area contributed by atoms with Crippen molar-refractivity contribution in [2.24, 2.45) is 0 Å². The zero-order valence-electron chi connectivity index (χ0n) is 16.5. The quantitative estimate of drug-likeness (QED) is 0.436. The van der Waals surface area contributed by atoms with E-state index in [2.05, 4.69) is 17.9 Å². The molecule has 158 valence electrons. The zero-order valence-corrected chi connectivity index (χ0v) is 17.4. The van der Waals surface area contributed by atoms with Gasteiger partial charge in [0.05, 0.1) is 4.92 Å². The molecule has 2 saturated heterocycles. The Balaban J connectivity index is 1.62. The molecular weight excluding hydrogens is 396 g/mol. The number of piperazine rings is 1. The van der Waals surface area contributed by atoms with E-state index >= 15 is 0 Å². The second-order valence-electron chi connectivity index (χ2n) is 7.75. The molecule has 0 spiro atoms. The lowest BCUT2D eigenvalue weighted by Gasteiger charge is -2.38. The maximum absolute atomic E-state index is 13.1. The van der Waals surface area contributed by atoms with Gasteiger partial charge in [0.25, 0.3) is 5.69 Å². The summed E-state index contributed by atoms with van der Waals surface area (Å²) in [6.45, 7) is 5.58. The van der Waals surface area contributed by atoms with Crippen molar-refractivity contribution >= 4 is 30.3 Å². The van der Waals surface area contributed by atoms with E-state index in [4.69, 9.17) is 4.74 Å². The molecule has 2 fully saturated rings. The first-order valence-electron chi connectivity index (χ1n) is 9.64. The van der Waals surface area contributed by atoms with Crippen LogP contribution in [0.2, 0.25) is 0 Å². The summed E-state index contributed by atoms with van der Waals surface area (Å²) in [5, 5.41) is 14.0. The summed E-state index contributed by atoms with van der Waals surface area (Å²) in [5.74, 6) is -0.0750. The van der Waals surface area contributed by atoms with Crippen molar-refractivity contribution < 1.29 is 19.2 Å². The Bertz CT molecular complexity index is 764. The molecule has 2 heterocycles. The number of likely N-dealkylation sites (tertiary alicyclic amines) is 1. The summed E-state index contributed by atoms with van der Waals surface area (Å²) in [6.07, 6.45) is -0.0872. The van der Waals surface area contributed by atoms with Crippen LogP contribution in [0.3, 0.4) is 0 Å². The van der Waals surface area contributed by atoms with Crippen LogP contribution < -0.4 is 5.32 Å². The van der Waals surface area contributed by atoms with E-state index in [-0.39, 0.29) is 35.5 Å². The summed E-state index contributed by atoms with van der Waals surface area (Å²) in [4.78, 5) is 39.2. The molecule has 2 aliphatic heterocycles. The number of nitrogens with one attached hydrogen (secondary N) is 1. The normalized spacial score (nSPS) is 27.0. The van der Waals surface area contributed by atoms with Crippen LogP contribution in [0.15, 0.2) is 24.3 Å². The summed E-state index contributed by atoms with van der Waals surface area (Å²) in [5.41, 5.74) is 0.612. The van der Waals surface area contributed by atoms with Crippen molar-refractivity contribution in [1.29, 1.82) is 0 Å². The van der Waals surface area contributed by atoms with Gasteiger partial charge in [0.1, 0.15) is 12.6 Å². The highest BCUT2D eigenvalue weighted by atomic mass is 32.1. The first-order valence-corrected chi connectivity index (χ1v) is 10.2. The molecule has 1 N–H and O–H groups in total. The molecule has 4 unspecified atom stereocenters. The van der Waals surface area contributed by atoms with Crippen LogP contribution in [0.4, 0.5) is 10.5 Å². The number of ether oxygens (including phenoxy) is 1. The van der Waals surface area contributed by atoms with E-state index in [1.807, 2.05) is 13.8 Å². The SMILES string of the molecule is CC1CN(C(=O)C2CC(S)CN2C(=O)OCc2ccc([N+](=O)[O-])cc2)CC(C)N1. The first-order chi connectivity index (χ1) is 13.7. The van der Waals surface area contributed by atoms with E-state index < -0.39 is 17.1 Å². The van der Waals surface area contributed by atoms with Crippen molar-refractivity contribution in [3.05, 3.63) is 39.9 Å². The topological polar surface area (TPSA) is 105 Å². The smallest absolute Gasteiger partial charge is 0.410 e. The molecule has 0 aromatic heterocycles. The third-order valence-electron chi connectivity index (χ3n) is 5.18. The summed E-state index contributed by atoms with van der Waals surface area (Å²) < 4.78 is 5.37. The van der Waals surface area contributed by atoms with Crippen LogP contribution in [0.1, 0.15) is 25.8 Å². The van der Waals surface area contributed by atoms with Gasteiger partial charge in [0.2, 0.25) is 5.91 Å². The van der Waals surface area contributed by atoms with Gasteiger partial charge in [0, 0.05) is 49.1 Å². The number of nitro groups is 1. The number of hydrogen-bond acceptors (Lipinski definition) is 7. The average Bonchev–Trinajstić information content (AvgIpc) is 3.06. The Morgan fingerprint density at radius 1 is 1.21 bits per heavy atom. The lowest BCUT2D eigenvalue weighted by Crippen LogP contribution is -2.59. The highest BCUT2D eigenvalue weighted by Crippen LogP contribution is 2.25. The van der Waals surface area contributed by atoms with Gasteiger partial charge < -0.3 is 15.0 Å². The molecule has 10 heteroatoms. The molecule has 1 aromatic rings. The minimum Gasteiger partial charge on any atom is -0.445 e. The second-order valence-corrected chi connectivity index (χ2v) is 8.48. The fourth-order valence-corrected chi connectivity index (χ4v) is 4.28. The lowest BCUT2D eigenvalue weighted by molar-refractivity contribution is -0.384. The van der Waals surface area contributed by atoms with Crippen LogP contribution in [0.25, 0.3) is 0 Å². The van der Waals surface area contributed by atoms with Gasteiger partial charge in [-0.1, -0.05) is 0 Å². The Morgan fingerprint density at radius 3 is 2.41 bits per heavy atom. The van der Waals surface area contributed by atoms with Gasteiger partial charge in [-0.15, -0.1) is 0 Å². The molecule has 0 aliphatic carbocycles. The summed E-state index contributed by atoms with van der Waals surface area (Å²) in [6, 6.07) is 5.62. The molecule has 29 heavy (non-hydrogen) atoms. The molecule has 1 aromatic carbocycles. The number of amides is 2. The minimum absolute atomic E-state index is 0.0207. The van der Waals surface area contributed by atoms with Crippen molar-refractivity contribution in [2.75, 3.05) is 19.6 Å². The van der Waals surface area contributed by atoms with Crippen LogP contribution in [-0.2, 0) is 16.1 Å². The van der Waals surface area contributed by atoms with Gasteiger partial charge >= 0.3 is 6.09 Å². The zero-order chi connectivity index (χ0) is 21.1. The number of carbonyl (C=O) groups excluding carboxylic acids is 2. The number of carbonyl (C=O) groups is 2. The number of non-ortho nitro benzene ring substituents is 1. The Hall–Kier alpha value is -2.33. The third-order valence-corrected chi connectivity index (χ3v) is 5.55. The number of benzene rings is 1. The molecule has 9 nitrogen and oxygen atoms in total. The number of thiol groups is 1. The van der Waals surface area contributed by atoms with E-state index in [0.29, 0.717) is 31.6 Å². The van der Waals surface area contributed by atoms with E-state index in [1.165, 1.54) is 17.0 Å². The molecule has 0 saturated carbocycles. The predicted octanol–water partition coefficient (Wildman–Crippen LogP) is 1.81. The summed E-state index contributed by atoms with van der Waals surface area (Å²) in [7, 11) is 0. The fraction of sp³-hybridized carbons (Fsp3) is 0.579. The van der Waals surface area contributed by atoms with Gasteiger partial charge in [-0.05, 0) is 38.0 Å². The number of hydrogen-bond donors (Lipinski definition) is 2. The maximum atomic E-state index is 13.1. The predicted molar refractivity (Wildman–Crippen MR) is 110 cm³/mol. The van der Waals surface area contributed by atoms with E-state index in [0.717, 1.165) is 0 Å². The van der Waals surface area contributed by atoms with Gasteiger partial charge in [-0.3, -0.25) is 19.8 Å². The Morgan fingerprint density at radius 2 is 1.83 bits per heavy atom. The maximum Gasteiger partial charge on any atom is 0.410 e. The average molecular weight is 423 g/mol. The second kappa shape index (κ2) is 9.00. The number of nitrogens with zero attached hydrogens (tertiary/aromatic N) is 3. The highest BCUT2D eigenvalue weighted by Gasteiger charge is 2.42. The van der Waals surface area contributed by atoms with Crippen LogP contribution >= 0.6 is 12.6 Å². The minimum atomic E-state index is -0.584. The fourth-order valence-electron chi connectivity index (χ4n) is 3.91. The van der Waals surface area contributed by atoms with Crippen LogP contribution in [0.5, 0.6) is 0 Å². The van der Waals surface area contributed by atoms with Crippen LogP contribution in [-0.4, -0.2) is 69.7 Å². The molecular formula is C19H26N4O5S. The molecule has 3 rings (SSSR count). The standard InChI is InChI=1S/C19H26N4O5S/c1-12-8-21(9-13(2)20-12)18(24)17-7-16(29)10-22(17)19(25)28-11-14-3-5-15(6-4-14)23(26)27/h3-6,12-13,16-17,20,29H,7-11H2,1-2H3. The Kier molecular flexibility index (Phi) is 6.63. The number of nitro benzene ring substituents is 1. The first kappa shape index (κ1) is 21.4. The van der Waals surface area contributed by atoms with E-state index in [9.17, 15) is 19.7 Å². The highest BCUT2D eigenvalue weighted by molar-refractivity contribution is 7.81. The Labute approximate surface area is 174 Å². The van der Waals surface area contributed by atoms with E-state index in [1.54, 1.807) is 17.0 Å². The monoisotopic (exact) mass is 422 g/mol. The largest absolute Gasteiger partial charge is 0.445 e.